The molecule has 1 aromatic rings. The number of benzene rings is 1. The van der Waals surface area contributed by atoms with E-state index >= 15 is 0 Å². The number of nitrogens with one attached hydrogen (secondary N) is 1. The first kappa shape index (κ1) is 15.9. The third kappa shape index (κ3) is 6.53. The lowest BCUT2D eigenvalue weighted by Gasteiger charge is -2.09. The predicted molar refractivity (Wildman–Crippen MR) is 62.8 cm³/mol. The van der Waals surface area contributed by atoms with E-state index in [4.69, 9.17) is 0 Å². The minimum Gasteiger partial charge on any atom is -0.362 e. The molecule has 0 unspecified atom stereocenters. The van der Waals surface area contributed by atoms with Crippen molar-refractivity contribution in [2.24, 2.45) is 0 Å². The van der Waals surface area contributed by atoms with Gasteiger partial charge in [-0.25, -0.2) is 4.39 Å². The fourth-order valence-electron chi connectivity index (χ4n) is 1.18. The monoisotopic (exact) mass is 343 g/mol. The van der Waals surface area contributed by atoms with Gasteiger partial charge in [-0.2, -0.15) is 13.2 Å². The molecule has 0 atom stereocenters. The van der Waals surface area contributed by atoms with Crippen LogP contribution in [0.15, 0.2) is 22.7 Å². The Morgan fingerprint density at radius 2 is 2.05 bits per heavy atom. The Morgan fingerprint density at radius 1 is 1.37 bits per heavy atom. The lowest BCUT2D eigenvalue weighted by atomic mass is 10.2. The third-order valence-corrected chi connectivity index (χ3v) is 2.48. The van der Waals surface area contributed by atoms with E-state index in [2.05, 4.69) is 26.0 Å². The Hall–Kier alpha value is -1.15. The van der Waals surface area contributed by atoms with Crippen LogP contribution in [0.5, 0.6) is 0 Å². The van der Waals surface area contributed by atoms with E-state index in [9.17, 15) is 22.4 Å². The summed E-state index contributed by atoms with van der Waals surface area (Å²) in [5.41, 5.74) is 0.221. The third-order valence-electron chi connectivity index (χ3n) is 1.98. The van der Waals surface area contributed by atoms with Gasteiger partial charge in [0, 0.05) is 16.6 Å². The normalized spacial score (nSPS) is 11.4. The molecule has 1 aromatic carbocycles. The fourth-order valence-corrected chi connectivity index (χ4v) is 1.59. The molecule has 0 heterocycles. The Labute approximate surface area is 115 Å². The molecule has 0 fully saturated rings. The van der Waals surface area contributed by atoms with Crippen molar-refractivity contribution in [2.45, 2.75) is 12.7 Å². The van der Waals surface area contributed by atoms with E-state index in [1.54, 1.807) is 0 Å². The highest BCUT2D eigenvalue weighted by Crippen LogP contribution is 2.15. The maximum Gasteiger partial charge on any atom is 0.411 e. The van der Waals surface area contributed by atoms with Crippen molar-refractivity contribution in [1.82, 2.24) is 5.32 Å². The molecule has 1 N–H and O–H groups in total. The van der Waals surface area contributed by atoms with Gasteiger partial charge in [0.2, 0.25) is 5.91 Å². The molecule has 0 spiro atoms. The minimum atomic E-state index is -4.48. The van der Waals surface area contributed by atoms with Crippen LogP contribution in [0.1, 0.15) is 5.56 Å². The largest absolute Gasteiger partial charge is 0.411 e. The molecule has 0 bridgehead atoms. The number of hydrogen-bond acceptors (Lipinski definition) is 2. The summed E-state index contributed by atoms with van der Waals surface area (Å²) in [7, 11) is 0. The molecule has 0 aliphatic heterocycles. The van der Waals surface area contributed by atoms with Crippen LogP contribution < -0.4 is 5.32 Å². The van der Waals surface area contributed by atoms with Crippen LogP contribution in [-0.4, -0.2) is 25.3 Å². The van der Waals surface area contributed by atoms with Gasteiger partial charge < -0.3 is 10.1 Å². The van der Waals surface area contributed by atoms with Gasteiger partial charge in [0.25, 0.3) is 0 Å². The second-order valence-electron chi connectivity index (χ2n) is 3.62. The van der Waals surface area contributed by atoms with Crippen molar-refractivity contribution in [3.8, 4) is 0 Å². The van der Waals surface area contributed by atoms with E-state index in [0.717, 1.165) is 0 Å². The summed E-state index contributed by atoms with van der Waals surface area (Å²) in [5, 5.41) is 2.26. The van der Waals surface area contributed by atoms with E-state index in [-0.39, 0.29) is 12.1 Å². The molecule has 0 aromatic heterocycles. The van der Waals surface area contributed by atoms with Crippen LogP contribution in [0.4, 0.5) is 17.6 Å². The maximum absolute atomic E-state index is 13.3. The molecule has 8 heteroatoms. The minimum absolute atomic E-state index is 0.126. The molecule has 106 valence electrons. The van der Waals surface area contributed by atoms with E-state index in [1.807, 2.05) is 0 Å². The van der Waals surface area contributed by atoms with Gasteiger partial charge in [0.05, 0.1) is 0 Å². The Morgan fingerprint density at radius 3 is 2.68 bits per heavy atom. The average molecular weight is 344 g/mol. The quantitative estimate of drug-likeness (QED) is 0.835. The number of halogens is 5. The molecule has 19 heavy (non-hydrogen) atoms. The summed E-state index contributed by atoms with van der Waals surface area (Å²) >= 11 is 3.14. The summed E-state index contributed by atoms with van der Waals surface area (Å²) in [5.74, 6) is -1.26. The second kappa shape index (κ2) is 6.85. The maximum atomic E-state index is 13.3. The summed E-state index contributed by atoms with van der Waals surface area (Å²) < 4.78 is 53.3. The summed E-state index contributed by atoms with van der Waals surface area (Å²) in [6.07, 6.45) is -4.48. The highest BCUT2D eigenvalue weighted by Gasteiger charge is 2.27. The average Bonchev–Trinajstić information content (AvgIpc) is 2.28. The molecule has 0 aliphatic rings. The molecule has 0 aliphatic carbocycles. The van der Waals surface area contributed by atoms with Gasteiger partial charge in [-0.1, -0.05) is 15.9 Å². The summed E-state index contributed by atoms with van der Waals surface area (Å²) in [4.78, 5) is 11.2. The van der Waals surface area contributed by atoms with E-state index < -0.39 is 31.1 Å². The predicted octanol–water partition coefficient (Wildman–Crippen LogP) is 2.78. The number of amides is 1. The lowest BCUT2D eigenvalue weighted by Crippen LogP contribution is -2.29. The van der Waals surface area contributed by atoms with Crippen molar-refractivity contribution in [3.05, 3.63) is 34.1 Å². The molecule has 0 saturated heterocycles. The van der Waals surface area contributed by atoms with Gasteiger partial charge in [-0.05, 0) is 18.2 Å². The molecular formula is C11H10BrF4NO2. The molecular weight excluding hydrogens is 334 g/mol. The van der Waals surface area contributed by atoms with Crippen molar-refractivity contribution >= 4 is 21.8 Å². The fraction of sp³-hybridized carbons (Fsp3) is 0.364. The van der Waals surface area contributed by atoms with Crippen LogP contribution in [0.25, 0.3) is 0 Å². The molecule has 1 amide bonds. The smallest absolute Gasteiger partial charge is 0.362 e. The van der Waals surface area contributed by atoms with Gasteiger partial charge >= 0.3 is 6.18 Å². The Kier molecular flexibility index (Phi) is 5.74. The first-order chi connectivity index (χ1) is 8.78. The van der Waals surface area contributed by atoms with Crippen molar-refractivity contribution < 1.29 is 27.1 Å². The van der Waals surface area contributed by atoms with Gasteiger partial charge in [0.1, 0.15) is 19.0 Å². The topological polar surface area (TPSA) is 38.3 Å². The molecule has 0 radical (unpaired) electrons. The zero-order chi connectivity index (χ0) is 14.5. The number of hydrogen-bond donors (Lipinski definition) is 1. The number of rotatable bonds is 5. The van der Waals surface area contributed by atoms with E-state index in [1.165, 1.54) is 18.2 Å². The van der Waals surface area contributed by atoms with E-state index in [0.29, 0.717) is 4.47 Å². The standard InChI is InChI=1S/C11H10BrF4NO2/c12-8-1-2-9(13)7(3-8)4-17-10(18)5-19-6-11(14,15)16/h1-3H,4-6H2,(H,17,18). The van der Waals surface area contributed by atoms with Gasteiger partial charge in [-0.3, -0.25) is 4.79 Å². The molecule has 3 nitrogen and oxygen atoms in total. The first-order valence-corrected chi connectivity index (χ1v) is 5.92. The van der Waals surface area contributed by atoms with Crippen molar-refractivity contribution in [1.29, 1.82) is 0 Å². The van der Waals surface area contributed by atoms with Crippen LogP contribution in [-0.2, 0) is 16.1 Å². The van der Waals surface area contributed by atoms with Crippen molar-refractivity contribution in [2.75, 3.05) is 13.2 Å². The van der Waals surface area contributed by atoms with Crippen LogP contribution in [0.3, 0.4) is 0 Å². The van der Waals surface area contributed by atoms with Crippen LogP contribution >= 0.6 is 15.9 Å². The number of carbonyl (C=O) groups is 1. The SMILES string of the molecule is O=C(COCC(F)(F)F)NCc1cc(Br)ccc1F. The number of ether oxygens (including phenoxy) is 1. The molecule has 1 rings (SSSR count). The molecule has 0 saturated carbocycles. The summed E-state index contributed by atoms with van der Waals surface area (Å²) in [6.45, 7) is -2.35. The summed E-state index contributed by atoms with van der Waals surface area (Å²) in [6, 6.07) is 4.17. The van der Waals surface area contributed by atoms with Gasteiger partial charge in [-0.15, -0.1) is 0 Å². The highest BCUT2D eigenvalue weighted by atomic mass is 79.9. The van der Waals surface area contributed by atoms with Crippen molar-refractivity contribution in [3.63, 3.8) is 0 Å². The second-order valence-corrected chi connectivity index (χ2v) is 4.54. The Bertz CT molecular complexity index is 451. The van der Waals surface area contributed by atoms with Crippen LogP contribution in [0.2, 0.25) is 0 Å². The highest BCUT2D eigenvalue weighted by molar-refractivity contribution is 9.10. The van der Waals surface area contributed by atoms with Gasteiger partial charge in [0.15, 0.2) is 0 Å². The van der Waals surface area contributed by atoms with Crippen LogP contribution in [0, 0.1) is 5.82 Å². The zero-order valence-electron chi connectivity index (χ0n) is 9.56. The Balaban J connectivity index is 2.36. The zero-order valence-corrected chi connectivity index (χ0v) is 11.1. The number of alkyl halides is 3. The number of carbonyl (C=O) groups excluding carboxylic acids is 1. The lowest BCUT2D eigenvalue weighted by molar-refractivity contribution is -0.175. The first-order valence-electron chi connectivity index (χ1n) is 5.13.